The summed E-state index contributed by atoms with van der Waals surface area (Å²) in [5.41, 5.74) is 8.14. The zero-order valence-corrected chi connectivity index (χ0v) is 11.5. The van der Waals surface area contributed by atoms with Gasteiger partial charge in [-0.1, -0.05) is 0 Å². The van der Waals surface area contributed by atoms with Gasteiger partial charge in [0.25, 0.3) is 5.56 Å². The topological polar surface area (TPSA) is 86.0 Å². The van der Waals surface area contributed by atoms with Crippen LogP contribution >= 0.6 is 0 Å². The molecule has 0 amide bonds. The first-order chi connectivity index (χ1) is 10.2. The third kappa shape index (κ3) is 1.85. The van der Waals surface area contributed by atoms with E-state index in [1.54, 1.807) is 4.57 Å². The standard InChI is InChI=1S/C14H14N6O/c1-16-10-11-13(14(21)18-8-17-11)20(7-5-15)12(10)9-4-3-6-19(9)2/h3-4,6,8H,5,7,15H2,2H3,(H,17,18,21). The summed E-state index contributed by atoms with van der Waals surface area (Å²) in [7, 11) is 1.89. The number of hydrogen-bond donors (Lipinski definition) is 2. The van der Waals surface area contributed by atoms with Gasteiger partial charge in [-0.05, 0) is 12.1 Å². The van der Waals surface area contributed by atoms with Crippen LogP contribution in [0.15, 0.2) is 29.5 Å². The minimum Gasteiger partial charge on any atom is -0.350 e. The van der Waals surface area contributed by atoms with Gasteiger partial charge in [0.15, 0.2) is 0 Å². The minimum atomic E-state index is -0.265. The van der Waals surface area contributed by atoms with Crippen LogP contribution in [0.3, 0.4) is 0 Å². The maximum absolute atomic E-state index is 12.1. The number of nitrogens with zero attached hydrogens (tertiary/aromatic N) is 4. The largest absolute Gasteiger partial charge is 0.350 e. The Morgan fingerprint density at radius 1 is 1.52 bits per heavy atom. The van der Waals surface area contributed by atoms with Gasteiger partial charge in [-0.15, -0.1) is 0 Å². The molecule has 3 rings (SSSR count). The van der Waals surface area contributed by atoms with Crippen molar-refractivity contribution in [1.82, 2.24) is 19.1 Å². The summed E-state index contributed by atoms with van der Waals surface area (Å²) in [5.74, 6) is 0. The van der Waals surface area contributed by atoms with Gasteiger partial charge in [-0.25, -0.2) is 9.83 Å². The fourth-order valence-corrected chi connectivity index (χ4v) is 2.59. The lowest BCUT2D eigenvalue weighted by molar-refractivity contribution is 0.733. The lowest BCUT2D eigenvalue weighted by Crippen LogP contribution is -2.16. The highest BCUT2D eigenvalue weighted by Crippen LogP contribution is 2.37. The van der Waals surface area contributed by atoms with Crippen molar-refractivity contribution < 1.29 is 0 Å². The van der Waals surface area contributed by atoms with E-state index in [9.17, 15) is 4.79 Å². The van der Waals surface area contributed by atoms with Crippen molar-refractivity contribution in [3.63, 3.8) is 0 Å². The molecule has 0 bridgehead atoms. The molecule has 7 heteroatoms. The molecule has 0 saturated carbocycles. The van der Waals surface area contributed by atoms with E-state index >= 15 is 0 Å². The molecule has 3 aromatic heterocycles. The molecule has 0 aliphatic heterocycles. The third-order valence-electron chi connectivity index (χ3n) is 3.47. The Labute approximate surface area is 120 Å². The zero-order chi connectivity index (χ0) is 15.0. The number of aromatic nitrogens is 4. The van der Waals surface area contributed by atoms with Crippen LogP contribution in [0.2, 0.25) is 0 Å². The van der Waals surface area contributed by atoms with E-state index in [1.807, 2.05) is 29.9 Å². The van der Waals surface area contributed by atoms with E-state index in [4.69, 9.17) is 12.3 Å². The first kappa shape index (κ1) is 13.1. The Morgan fingerprint density at radius 3 is 2.95 bits per heavy atom. The van der Waals surface area contributed by atoms with Crippen molar-refractivity contribution in [3.8, 4) is 11.4 Å². The first-order valence-electron chi connectivity index (χ1n) is 6.48. The highest BCUT2D eigenvalue weighted by molar-refractivity contribution is 5.99. The molecule has 3 heterocycles. The summed E-state index contributed by atoms with van der Waals surface area (Å²) in [6.07, 6.45) is 3.21. The molecule has 3 aromatic rings. The average molecular weight is 282 g/mol. The normalized spacial score (nSPS) is 10.9. The maximum Gasteiger partial charge on any atom is 0.273 e. The van der Waals surface area contributed by atoms with Crippen molar-refractivity contribution in [2.75, 3.05) is 6.54 Å². The molecule has 0 fully saturated rings. The van der Waals surface area contributed by atoms with Crippen molar-refractivity contribution in [2.45, 2.75) is 6.54 Å². The van der Waals surface area contributed by atoms with E-state index in [0.29, 0.717) is 35.5 Å². The van der Waals surface area contributed by atoms with Crippen molar-refractivity contribution in [2.24, 2.45) is 12.8 Å². The molecule has 21 heavy (non-hydrogen) atoms. The molecule has 106 valence electrons. The fraction of sp³-hybridized carbons (Fsp3) is 0.214. The summed E-state index contributed by atoms with van der Waals surface area (Å²) in [4.78, 5) is 22.5. The number of hydrogen-bond acceptors (Lipinski definition) is 3. The lowest BCUT2D eigenvalue weighted by atomic mass is 10.2. The van der Waals surface area contributed by atoms with E-state index in [0.717, 1.165) is 5.69 Å². The summed E-state index contributed by atoms with van der Waals surface area (Å²) >= 11 is 0. The molecule has 0 saturated heterocycles. The molecule has 0 radical (unpaired) electrons. The minimum absolute atomic E-state index is 0.265. The maximum atomic E-state index is 12.1. The molecule has 0 unspecified atom stereocenters. The van der Waals surface area contributed by atoms with Crippen LogP contribution < -0.4 is 11.3 Å². The van der Waals surface area contributed by atoms with Crippen LogP contribution in [-0.2, 0) is 13.6 Å². The number of H-pyrrole nitrogens is 1. The quantitative estimate of drug-likeness (QED) is 0.709. The van der Waals surface area contributed by atoms with Gasteiger partial charge in [-0.2, -0.15) is 0 Å². The Hall–Kier alpha value is -2.85. The van der Waals surface area contributed by atoms with Crippen LogP contribution in [-0.4, -0.2) is 25.6 Å². The van der Waals surface area contributed by atoms with Crippen LogP contribution in [0.1, 0.15) is 0 Å². The zero-order valence-electron chi connectivity index (χ0n) is 11.5. The highest BCUT2D eigenvalue weighted by atomic mass is 16.1. The van der Waals surface area contributed by atoms with Crippen LogP contribution in [0.4, 0.5) is 5.69 Å². The van der Waals surface area contributed by atoms with Gasteiger partial charge in [0.05, 0.1) is 24.3 Å². The molecular weight excluding hydrogens is 268 g/mol. The van der Waals surface area contributed by atoms with E-state index < -0.39 is 0 Å². The van der Waals surface area contributed by atoms with Gasteiger partial charge >= 0.3 is 0 Å². The van der Waals surface area contributed by atoms with Gasteiger partial charge in [-0.3, -0.25) is 4.79 Å². The van der Waals surface area contributed by atoms with Crippen LogP contribution in [0.25, 0.3) is 27.3 Å². The molecule has 0 atom stereocenters. The first-order valence-corrected chi connectivity index (χ1v) is 6.48. The molecule has 7 nitrogen and oxygen atoms in total. The van der Waals surface area contributed by atoms with Crippen molar-refractivity contribution in [1.29, 1.82) is 0 Å². The second kappa shape index (κ2) is 4.92. The predicted octanol–water partition coefficient (Wildman–Crippen LogP) is 1.24. The molecule has 0 aliphatic rings. The SMILES string of the molecule is [C-]#[N+]c1c(-c2cccn2C)n(CCN)c2c(=O)[nH]cnc12. The lowest BCUT2D eigenvalue weighted by Gasteiger charge is -2.10. The van der Waals surface area contributed by atoms with Crippen LogP contribution in [0.5, 0.6) is 0 Å². The Morgan fingerprint density at radius 2 is 2.33 bits per heavy atom. The average Bonchev–Trinajstić information content (AvgIpc) is 3.01. The van der Waals surface area contributed by atoms with Gasteiger partial charge < -0.3 is 19.9 Å². The fourth-order valence-electron chi connectivity index (χ4n) is 2.59. The summed E-state index contributed by atoms with van der Waals surface area (Å²) in [6, 6.07) is 3.80. The Balaban J connectivity index is 2.51. The van der Waals surface area contributed by atoms with E-state index in [2.05, 4.69) is 14.8 Å². The molecule has 3 N–H and O–H groups in total. The number of nitrogens with two attached hydrogens (primary N) is 1. The summed E-state index contributed by atoms with van der Waals surface area (Å²) in [6.45, 7) is 8.29. The summed E-state index contributed by atoms with van der Waals surface area (Å²) in [5, 5.41) is 0. The second-order valence-electron chi connectivity index (χ2n) is 4.68. The summed E-state index contributed by atoms with van der Waals surface area (Å²) < 4.78 is 3.69. The molecule has 0 aromatic carbocycles. The molecule has 0 aliphatic carbocycles. The number of rotatable bonds is 3. The predicted molar refractivity (Wildman–Crippen MR) is 80.1 cm³/mol. The van der Waals surface area contributed by atoms with Gasteiger partial charge in [0, 0.05) is 26.3 Å². The molecular formula is C14H14N6O. The monoisotopic (exact) mass is 282 g/mol. The highest BCUT2D eigenvalue weighted by Gasteiger charge is 2.22. The smallest absolute Gasteiger partial charge is 0.273 e. The van der Waals surface area contributed by atoms with E-state index in [-0.39, 0.29) is 5.56 Å². The number of fused-ring (bicyclic) bond motifs is 1. The third-order valence-corrected chi connectivity index (χ3v) is 3.47. The van der Waals surface area contributed by atoms with E-state index in [1.165, 1.54) is 6.33 Å². The number of nitrogens with one attached hydrogen (secondary N) is 1. The van der Waals surface area contributed by atoms with Crippen LogP contribution in [0, 0.1) is 6.57 Å². The van der Waals surface area contributed by atoms with Gasteiger partial charge in [0.1, 0.15) is 11.0 Å². The van der Waals surface area contributed by atoms with Crippen molar-refractivity contribution >= 4 is 16.7 Å². The number of aryl methyl sites for hydroxylation is 1. The molecule has 0 spiro atoms. The Bertz CT molecular complexity index is 908. The Kier molecular flexibility index (Phi) is 3.08. The van der Waals surface area contributed by atoms with Gasteiger partial charge in [0.2, 0.25) is 5.69 Å². The van der Waals surface area contributed by atoms with Crippen molar-refractivity contribution in [3.05, 3.63) is 46.4 Å². The second-order valence-corrected chi connectivity index (χ2v) is 4.68. The number of aromatic amines is 1.